The number of hydrogen-bond donors (Lipinski definition) is 2. The van der Waals surface area contributed by atoms with Gasteiger partial charge in [-0.25, -0.2) is 0 Å². The first-order valence-electron chi connectivity index (χ1n) is 3.81. The highest BCUT2D eigenvalue weighted by Gasteiger charge is 2.40. The highest BCUT2D eigenvalue weighted by Crippen LogP contribution is 2.37. The Labute approximate surface area is 55.8 Å². The van der Waals surface area contributed by atoms with Gasteiger partial charge in [-0.05, 0) is 32.2 Å². The molecule has 1 aliphatic heterocycles. The van der Waals surface area contributed by atoms with E-state index in [9.17, 15) is 0 Å². The SMILES string of the molecule is NC1(CC2CCN2)CC1. The zero-order valence-corrected chi connectivity index (χ0v) is 5.69. The molecule has 1 heterocycles. The Hall–Kier alpha value is -0.0800. The Bertz CT molecular complexity index is 114. The van der Waals surface area contributed by atoms with Gasteiger partial charge in [-0.3, -0.25) is 0 Å². The molecule has 0 aromatic carbocycles. The van der Waals surface area contributed by atoms with Crippen LogP contribution in [0.5, 0.6) is 0 Å². The van der Waals surface area contributed by atoms with Gasteiger partial charge in [-0.15, -0.1) is 0 Å². The molecule has 2 heteroatoms. The molecule has 1 unspecified atom stereocenters. The third kappa shape index (κ3) is 1.10. The summed E-state index contributed by atoms with van der Waals surface area (Å²) in [5, 5.41) is 3.36. The van der Waals surface area contributed by atoms with E-state index >= 15 is 0 Å². The largest absolute Gasteiger partial charge is 0.325 e. The van der Waals surface area contributed by atoms with Crippen LogP contribution >= 0.6 is 0 Å². The zero-order valence-electron chi connectivity index (χ0n) is 5.69. The van der Waals surface area contributed by atoms with E-state index in [2.05, 4.69) is 5.32 Å². The van der Waals surface area contributed by atoms with Gasteiger partial charge >= 0.3 is 0 Å². The van der Waals surface area contributed by atoms with Crippen molar-refractivity contribution in [2.45, 2.75) is 37.3 Å². The molecule has 0 spiro atoms. The van der Waals surface area contributed by atoms with Crippen molar-refractivity contribution < 1.29 is 0 Å². The van der Waals surface area contributed by atoms with Gasteiger partial charge in [0.2, 0.25) is 0 Å². The molecule has 2 nitrogen and oxygen atoms in total. The molecule has 0 bridgehead atoms. The van der Waals surface area contributed by atoms with Crippen molar-refractivity contribution in [3.8, 4) is 0 Å². The van der Waals surface area contributed by atoms with Gasteiger partial charge in [0.1, 0.15) is 0 Å². The Balaban J connectivity index is 1.76. The Morgan fingerprint density at radius 2 is 2.22 bits per heavy atom. The van der Waals surface area contributed by atoms with Crippen LogP contribution in [0.1, 0.15) is 25.7 Å². The highest BCUT2D eigenvalue weighted by molar-refractivity contribution is 5.02. The molecule has 2 aliphatic rings. The maximum atomic E-state index is 5.92. The van der Waals surface area contributed by atoms with Crippen molar-refractivity contribution in [2.75, 3.05) is 6.54 Å². The maximum absolute atomic E-state index is 5.92. The molecule has 0 aromatic heterocycles. The first kappa shape index (κ1) is 5.69. The molecule has 2 fully saturated rings. The second-order valence-corrected chi connectivity index (χ2v) is 3.51. The molecule has 1 aliphatic carbocycles. The van der Waals surface area contributed by atoms with E-state index in [-0.39, 0.29) is 5.54 Å². The fraction of sp³-hybridized carbons (Fsp3) is 1.00. The molecule has 0 radical (unpaired) electrons. The van der Waals surface area contributed by atoms with Crippen molar-refractivity contribution in [1.82, 2.24) is 5.32 Å². The Morgan fingerprint density at radius 3 is 2.56 bits per heavy atom. The van der Waals surface area contributed by atoms with Gasteiger partial charge in [0.15, 0.2) is 0 Å². The molecule has 2 rings (SSSR count). The summed E-state index contributed by atoms with van der Waals surface area (Å²) in [5.41, 5.74) is 6.18. The van der Waals surface area contributed by atoms with Crippen molar-refractivity contribution >= 4 is 0 Å². The van der Waals surface area contributed by atoms with E-state index in [0.717, 1.165) is 6.04 Å². The molecule has 1 atom stereocenters. The van der Waals surface area contributed by atoms with Crippen LogP contribution in [0.3, 0.4) is 0 Å². The summed E-state index contributed by atoms with van der Waals surface area (Å²) < 4.78 is 0. The predicted molar refractivity (Wildman–Crippen MR) is 37.2 cm³/mol. The summed E-state index contributed by atoms with van der Waals surface area (Å²) >= 11 is 0. The van der Waals surface area contributed by atoms with Gasteiger partial charge in [0.25, 0.3) is 0 Å². The minimum absolute atomic E-state index is 0.262. The van der Waals surface area contributed by atoms with E-state index in [1.165, 1.54) is 32.2 Å². The van der Waals surface area contributed by atoms with Crippen molar-refractivity contribution in [3.05, 3.63) is 0 Å². The average molecular weight is 126 g/mol. The minimum atomic E-state index is 0.262. The first-order valence-corrected chi connectivity index (χ1v) is 3.81. The van der Waals surface area contributed by atoms with Crippen LogP contribution in [-0.4, -0.2) is 18.1 Å². The normalized spacial score (nSPS) is 37.7. The molecule has 52 valence electrons. The van der Waals surface area contributed by atoms with Crippen LogP contribution in [0.25, 0.3) is 0 Å². The quantitative estimate of drug-likeness (QED) is 0.556. The smallest absolute Gasteiger partial charge is 0.0170 e. The monoisotopic (exact) mass is 126 g/mol. The van der Waals surface area contributed by atoms with Crippen molar-refractivity contribution in [3.63, 3.8) is 0 Å². The summed E-state index contributed by atoms with van der Waals surface area (Å²) in [4.78, 5) is 0. The summed E-state index contributed by atoms with van der Waals surface area (Å²) in [7, 11) is 0. The van der Waals surface area contributed by atoms with Crippen molar-refractivity contribution in [2.24, 2.45) is 5.73 Å². The average Bonchev–Trinajstić information content (AvgIpc) is 2.39. The highest BCUT2D eigenvalue weighted by atomic mass is 15.0. The molecule has 0 aromatic rings. The number of nitrogens with one attached hydrogen (secondary N) is 1. The third-order valence-electron chi connectivity index (χ3n) is 2.47. The predicted octanol–water partition coefficient (Wildman–Crippen LogP) is 0.230. The Morgan fingerprint density at radius 1 is 1.56 bits per heavy atom. The second-order valence-electron chi connectivity index (χ2n) is 3.51. The summed E-state index contributed by atoms with van der Waals surface area (Å²) in [6.45, 7) is 1.21. The fourth-order valence-corrected chi connectivity index (χ4v) is 1.38. The molecule has 3 N–H and O–H groups in total. The van der Waals surface area contributed by atoms with Gasteiger partial charge < -0.3 is 11.1 Å². The maximum Gasteiger partial charge on any atom is 0.0170 e. The molecule has 0 amide bonds. The molecule has 9 heavy (non-hydrogen) atoms. The van der Waals surface area contributed by atoms with Gasteiger partial charge in [0.05, 0.1) is 0 Å². The lowest BCUT2D eigenvalue weighted by Gasteiger charge is -2.29. The first-order chi connectivity index (χ1) is 4.29. The standard InChI is InChI=1S/C7H14N2/c8-7(2-3-7)5-6-1-4-9-6/h6,9H,1-5,8H2. The van der Waals surface area contributed by atoms with Crippen LogP contribution in [0.4, 0.5) is 0 Å². The van der Waals surface area contributed by atoms with Crippen LogP contribution in [0.15, 0.2) is 0 Å². The Kier molecular flexibility index (Phi) is 1.08. The van der Waals surface area contributed by atoms with Gasteiger partial charge in [-0.1, -0.05) is 0 Å². The lowest BCUT2D eigenvalue weighted by molar-refractivity contribution is 0.322. The van der Waals surface area contributed by atoms with E-state index < -0.39 is 0 Å². The van der Waals surface area contributed by atoms with E-state index in [1.54, 1.807) is 0 Å². The van der Waals surface area contributed by atoms with Crippen LogP contribution < -0.4 is 11.1 Å². The summed E-state index contributed by atoms with van der Waals surface area (Å²) in [5.74, 6) is 0. The number of rotatable bonds is 2. The van der Waals surface area contributed by atoms with Crippen molar-refractivity contribution in [1.29, 1.82) is 0 Å². The van der Waals surface area contributed by atoms with E-state index in [4.69, 9.17) is 5.73 Å². The second kappa shape index (κ2) is 1.70. The molecular formula is C7H14N2. The van der Waals surface area contributed by atoms with Gasteiger partial charge in [0, 0.05) is 11.6 Å². The third-order valence-corrected chi connectivity index (χ3v) is 2.47. The molecule has 1 saturated carbocycles. The zero-order chi connectivity index (χ0) is 6.32. The summed E-state index contributed by atoms with van der Waals surface area (Å²) in [6.07, 6.45) is 5.07. The van der Waals surface area contributed by atoms with E-state index in [1.807, 2.05) is 0 Å². The number of nitrogens with two attached hydrogens (primary N) is 1. The lowest BCUT2D eigenvalue weighted by Crippen LogP contribution is -2.46. The minimum Gasteiger partial charge on any atom is -0.325 e. The lowest BCUT2D eigenvalue weighted by atomic mass is 9.98. The van der Waals surface area contributed by atoms with Gasteiger partial charge in [-0.2, -0.15) is 0 Å². The van der Waals surface area contributed by atoms with Crippen LogP contribution in [0.2, 0.25) is 0 Å². The van der Waals surface area contributed by atoms with Crippen LogP contribution in [-0.2, 0) is 0 Å². The van der Waals surface area contributed by atoms with Crippen LogP contribution in [0, 0.1) is 0 Å². The summed E-state index contributed by atoms with van der Waals surface area (Å²) in [6, 6.07) is 0.762. The molecular weight excluding hydrogens is 112 g/mol. The molecule has 1 saturated heterocycles. The number of hydrogen-bond acceptors (Lipinski definition) is 2. The topological polar surface area (TPSA) is 38.0 Å². The van der Waals surface area contributed by atoms with E-state index in [0.29, 0.717) is 0 Å². The fourth-order valence-electron chi connectivity index (χ4n) is 1.38.